The minimum absolute atomic E-state index is 0.0736. The second-order valence-corrected chi connectivity index (χ2v) is 4.94. The lowest BCUT2D eigenvalue weighted by atomic mass is 9.96. The van der Waals surface area contributed by atoms with Gasteiger partial charge in [0.25, 0.3) is 0 Å². The molecule has 0 saturated carbocycles. The summed E-state index contributed by atoms with van der Waals surface area (Å²) in [5.41, 5.74) is 5.65. The fourth-order valence-electron chi connectivity index (χ4n) is 1.60. The average molecular weight is 213 g/mol. The Balaban J connectivity index is 2.43. The Hall–Kier alpha value is 0.100. The standard InChI is InChI=1S/C8H14F3NS/c1-5-2-6(12)4-13-7(5)3-8(9,10)11/h5-7H,2-4,12H2,1H3. The molecule has 0 spiro atoms. The maximum atomic E-state index is 12.1. The van der Waals surface area contributed by atoms with Crippen LogP contribution in [0.1, 0.15) is 19.8 Å². The molecule has 1 nitrogen and oxygen atoms in total. The quantitative estimate of drug-likeness (QED) is 0.724. The molecule has 1 rings (SSSR count). The van der Waals surface area contributed by atoms with E-state index in [4.69, 9.17) is 5.73 Å². The maximum Gasteiger partial charge on any atom is 0.390 e. The SMILES string of the molecule is CC1CC(N)CSC1CC(F)(F)F. The molecule has 3 unspecified atom stereocenters. The Morgan fingerprint density at radius 3 is 2.54 bits per heavy atom. The number of rotatable bonds is 1. The minimum Gasteiger partial charge on any atom is -0.327 e. The van der Waals surface area contributed by atoms with Crippen LogP contribution < -0.4 is 5.73 Å². The normalized spacial score (nSPS) is 36.2. The van der Waals surface area contributed by atoms with Crippen molar-refractivity contribution in [3.05, 3.63) is 0 Å². The molecule has 1 heterocycles. The number of thioether (sulfide) groups is 1. The first-order chi connectivity index (χ1) is 5.88. The van der Waals surface area contributed by atoms with Gasteiger partial charge in [-0.3, -0.25) is 0 Å². The molecule has 3 atom stereocenters. The Kier molecular flexibility index (Phi) is 3.51. The van der Waals surface area contributed by atoms with Crippen molar-refractivity contribution in [1.82, 2.24) is 0 Å². The number of halogens is 3. The minimum atomic E-state index is -4.03. The largest absolute Gasteiger partial charge is 0.390 e. The number of hydrogen-bond donors (Lipinski definition) is 1. The molecule has 0 bridgehead atoms. The van der Waals surface area contributed by atoms with Gasteiger partial charge in [0.15, 0.2) is 0 Å². The summed E-state index contributed by atoms with van der Waals surface area (Å²) >= 11 is 1.36. The molecule has 0 aromatic carbocycles. The summed E-state index contributed by atoms with van der Waals surface area (Å²) in [5, 5.41) is -0.292. The van der Waals surface area contributed by atoms with E-state index in [-0.39, 0.29) is 17.2 Å². The van der Waals surface area contributed by atoms with Gasteiger partial charge in [0, 0.05) is 17.0 Å². The summed E-state index contributed by atoms with van der Waals surface area (Å²) in [5.74, 6) is 0.737. The van der Waals surface area contributed by atoms with Gasteiger partial charge in [-0.15, -0.1) is 0 Å². The highest BCUT2D eigenvalue weighted by Gasteiger charge is 2.36. The van der Waals surface area contributed by atoms with Crippen LogP contribution in [-0.2, 0) is 0 Å². The van der Waals surface area contributed by atoms with Crippen LogP contribution in [0.3, 0.4) is 0 Å². The zero-order valence-electron chi connectivity index (χ0n) is 7.47. The van der Waals surface area contributed by atoms with Gasteiger partial charge < -0.3 is 5.73 Å². The molecular weight excluding hydrogens is 199 g/mol. The van der Waals surface area contributed by atoms with E-state index in [0.29, 0.717) is 12.2 Å². The molecule has 0 radical (unpaired) electrons. The van der Waals surface area contributed by atoms with Crippen molar-refractivity contribution < 1.29 is 13.2 Å². The molecule has 0 aromatic heterocycles. The van der Waals surface area contributed by atoms with E-state index < -0.39 is 12.6 Å². The van der Waals surface area contributed by atoms with Gasteiger partial charge in [-0.05, 0) is 12.3 Å². The van der Waals surface area contributed by atoms with Gasteiger partial charge in [-0.25, -0.2) is 0 Å². The Bertz CT molecular complexity index is 171. The van der Waals surface area contributed by atoms with E-state index in [2.05, 4.69) is 0 Å². The lowest BCUT2D eigenvalue weighted by molar-refractivity contribution is -0.136. The molecule has 0 amide bonds. The molecule has 2 N–H and O–H groups in total. The summed E-state index contributed by atoms with van der Waals surface area (Å²) in [4.78, 5) is 0. The first-order valence-electron chi connectivity index (χ1n) is 4.32. The zero-order chi connectivity index (χ0) is 10.1. The van der Waals surface area contributed by atoms with Crippen LogP contribution >= 0.6 is 11.8 Å². The van der Waals surface area contributed by atoms with Crippen molar-refractivity contribution in [1.29, 1.82) is 0 Å². The second-order valence-electron chi connectivity index (χ2n) is 3.66. The third-order valence-corrected chi connectivity index (χ3v) is 3.95. The van der Waals surface area contributed by atoms with Gasteiger partial charge in [-0.2, -0.15) is 24.9 Å². The molecule has 1 aliphatic rings. The smallest absolute Gasteiger partial charge is 0.327 e. The summed E-state index contributed by atoms with van der Waals surface area (Å²) in [6.45, 7) is 1.85. The molecule has 78 valence electrons. The van der Waals surface area contributed by atoms with Gasteiger partial charge in [-0.1, -0.05) is 6.92 Å². The first-order valence-corrected chi connectivity index (χ1v) is 5.37. The predicted molar refractivity (Wildman–Crippen MR) is 48.7 cm³/mol. The van der Waals surface area contributed by atoms with Crippen molar-refractivity contribution in [2.75, 3.05) is 5.75 Å². The van der Waals surface area contributed by atoms with Crippen LogP contribution in [0, 0.1) is 5.92 Å². The third-order valence-electron chi connectivity index (χ3n) is 2.27. The molecule has 1 fully saturated rings. The van der Waals surface area contributed by atoms with Crippen molar-refractivity contribution in [3.63, 3.8) is 0 Å². The topological polar surface area (TPSA) is 26.0 Å². The maximum absolute atomic E-state index is 12.1. The van der Waals surface area contributed by atoms with Crippen molar-refractivity contribution in [3.8, 4) is 0 Å². The molecule has 0 aliphatic carbocycles. The fraction of sp³-hybridized carbons (Fsp3) is 1.00. The van der Waals surface area contributed by atoms with E-state index >= 15 is 0 Å². The van der Waals surface area contributed by atoms with E-state index in [1.54, 1.807) is 0 Å². The van der Waals surface area contributed by atoms with Gasteiger partial charge in [0.2, 0.25) is 0 Å². The highest BCUT2D eigenvalue weighted by atomic mass is 32.2. The number of alkyl halides is 3. The fourth-order valence-corrected chi connectivity index (χ4v) is 2.97. The van der Waals surface area contributed by atoms with Crippen LogP contribution in [0.25, 0.3) is 0 Å². The van der Waals surface area contributed by atoms with Crippen LogP contribution in [-0.4, -0.2) is 23.2 Å². The Morgan fingerprint density at radius 1 is 1.46 bits per heavy atom. The van der Waals surface area contributed by atoms with Crippen LogP contribution in [0.5, 0.6) is 0 Å². The predicted octanol–water partition coefficient (Wildman–Crippen LogP) is 2.41. The Labute approximate surface area is 80.2 Å². The lowest BCUT2D eigenvalue weighted by Crippen LogP contribution is -2.37. The summed E-state index contributed by atoms with van der Waals surface area (Å²) < 4.78 is 36.2. The van der Waals surface area contributed by atoms with Crippen molar-refractivity contribution in [2.45, 2.75) is 37.2 Å². The van der Waals surface area contributed by atoms with E-state index in [1.165, 1.54) is 11.8 Å². The monoisotopic (exact) mass is 213 g/mol. The number of nitrogens with two attached hydrogens (primary N) is 1. The van der Waals surface area contributed by atoms with Gasteiger partial charge in [0.05, 0.1) is 6.42 Å². The van der Waals surface area contributed by atoms with Gasteiger partial charge in [0.1, 0.15) is 0 Å². The zero-order valence-corrected chi connectivity index (χ0v) is 8.29. The Morgan fingerprint density at radius 2 is 2.08 bits per heavy atom. The molecule has 13 heavy (non-hydrogen) atoms. The van der Waals surface area contributed by atoms with E-state index in [0.717, 1.165) is 0 Å². The average Bonchev–Trinajstić information content (AvgIpc) is 1.93. The molecule has 1 aliphatic heterocycles. The van der Waals surface area contributed by atoms with E-state index in [1.807, 2.05) is 6.92 Å². The van der Waals surface area contributed by atoms with Crippen LogP contribution in [0.15, 0.2) is 0 Å². The third kappa shape index (κ3) is 3.77. The van der Waals surface area contributed by atoms with Crippen LogP contribution in [0.2, 0.25) is 0 Å². The molecule has 0 aromatic rings. The molecule has 1 saturated heterocycles. The lowest BCUT2D eigenvalue weighted by Gasteiger charge is -2.32. The highest BCUT2D eigenvalue weighted by molar-refractivity contribution is 8.00. The summed E-state index contributed by atoms with van der Waals surface area (Å²) in [6, 6.07) is 0.0736. The van der Waals surface area contributed by atoms with Crippen molar-refractivity contribution >= 4 is 11.8 Å². The summed E-state index contributed by atoms with van der Waals surface area (Å²) in [7, 11) is 0. The summed E-state index contributed by atoms with van der Waals surface area (Å²) in [6.07, 6.45) is -3.99. The highest BCUT2D eigenvalue weighted by Crippen LogP contribution is 2.37. The molecule has 5 heteroatoms. The molecular formula is C8H14F3NS. The second kappa shape index (κ2) is 4.09. The van der Waals surface area contributed by atoms with Gasteiger partial charge >= 0.3 is 6.18 Å². The first kappa shape index (κ1) is 11.2. The number of hydrogen-bond acceptors (Lipinski definition) is 2. The van der Waals surface area contributed by atoms with Crippen molar-refractivity contribution in [2.24, 2.45) is 11.7 Å². The van der Waals surface area contributed by atoms with Crippen LogP contribution in [0.4, 0.5) is 13.2 Å². The van der Waals surface area contributed by atoms with E-state index in [9.17, 15) is 13.2 Å².